The van der Waals surface area contributed by atoms with Crippen LogP contribution in [0.1, 0.15) is 30.5 Å². The highest BCUT2D eigenvalue weighted by Crippen LogP contribution is 2.39. The molecular weight excluding hydrogens is 271 g/mol. The molecule has 0 radical (unpaired) electrons. The first-order chi connectivity index (χ1) is 9.45. The van der Waals surface area contributed by atoms with Gasteiger partial charge in [0, 0.05) is 6.04 Å². The van der Waals surface area contributed by atoms with Crippen molar-refractivity contribution in [1.82, 2.24) is 5.32 Å². The molecule has 1 N–H and O–H groups in total. The van der Waals surface area contributed by atoms with Gasteiger partial charge in [-0.2, -0.15) is 13.2 Å². The summed E-state index contributed by atoms with van der Waals surface area (Å²) in [6.45, 7) is 2.41. The lowest BCUT2D eigenvalue weighted by Gasteiger charge is -2.22. The molecule has 0 unspecified atom stereocenters. The van der Waals surface area contributed by atoms with Gasteiger partial charge in [-0.3, -0.25) is 4.79 Å². The highest BCUT2D eigenvalue weighted by Gasteiger charge is 2.41. The Kier molecular flexibility index (Phi) is 4.32. The van der Waals surface area contributed by atoms with Crippen molar-refractivity contribution in [3.8, 4) is 0 Å². The number of benzene rings is 1. The minimum absolute atomic E-state index is 0.107. The maximum atomic E-state index is 13.0. The second-order valence-electron chi connectivity index (χ2n) is 4.66. The van der Waals surface area contributed by atoms with Crippen molar-refractivity contribution in [2.75, 3.05) is 13.2 Å². The molecule has 0 bridgehead atoms. The Bertz CT molecular complexity index is 488. The third-order valence-electron chi connectivity index (χ3n) is 3.41. The van der Waals surface area contributed by atoms with E-state index >= 15 is 0 Å². The molecule has 0 amide bonds. The van der Waals surface area contributed by atoms with Gasteiger partial charge in [0.15, 0.2) is 0 Å². The summed E-state index contributed by atoms with van der Waals surface area (Å²) in [7, 11) is 0. The largest absolute Gasteiger partial charge is 0.466 e. The van der Waals surface area contributed by atoms with Crippen LogP contribution < -0.4 is 5.32 Å². The maximum absolute atomic E-state index is 13.0. The summed E-state index contributed by atoms with van der Waals surface area (Å²) in [6.07, 6.45) is -3.95. The number of esters is 1. The molecule has 3 nitrogen and oxygen atoms in total. The van der Waals surface area contributed by atoms with E-state index in [1.807, 2.05) is 0 Å². The fraction of sp³-hybridized carbons (Fsp3) is 0.500. The number of alkyl halides is 3. The van der Waals surface area contributed by atoms with Crippen LogP contribution in [-0.2, 0) is 15.7 Å². The van der Waals surface area contributed by atoms with Gasteiger partial charge in [-0.25, -0.2) is 0 Å². The zero-order valence-corrected chi connectivity index (χ0v) is 11.0. The minimum atomic E-state index is -4.43. The molecular formula is C14H16F3NO2. The Morgan fingerprint density at radius 1 is 1.40 bits per heavy atom. The number of carbonyl (C=O) groups excluding carboxylic acids is 1. The van der Waals surface area contributed by atoms with Gasteiger partial charge in [0.1, 0.15) is 0 Å². The second kappa shape index (κ2) is 5.83. The Hall–Kier alpha value is -1.56. The molecule has 0 aliphatic carbocycles. The number of hydrogen-bond donors (Lipinski definition) is 1. The van der Waals surface area contributed by atoms with E-state index in [1.165, 1.54) is 12.1 Å². The van der Waals surface area contributed by atoms with Crippen LogP contribution in [0.2, 0.25) is 0 Å². The molecule has 110 valence electrons. The van der Waals surface area contributed by atoms with Gasteiger partial charge in [-0.05, 0) is 31.5 Å². The normalized spacial score (nSPS) is 22.8. The molecule has 6 heteroatoms. The summed E-state index contributed by atoms with van der Waals surface area (Å²) in [5.74, 6) is -1.02. The molecule has 1 aromatic carbocycles. The maximum Gasteiger partial charge on any atom is 0.416 e. The van der Waals surface area contributed by atoms with E-state index in [9.17, 15) is 18.0 Å². The monoisotopic (exact) mass is 287 g/mol. The molecule has 0 aromatic heterocycles. The third kappa shape index (κ3) is 2.95. The Balaban J connectivity index is 2.33. The molecule has 1 aliphatic rings. The van der Waals surface area contributed by atoms with E-state index in [2.05, 4.69) is 5.32 Å². The predicted molar refractivity (Wildman–Crippen MR) is 66.9 cm³/mol. The van der Waals surface area contributed by atoms with Crippen LogP contribution in [-0.4, -0.2) is 19.1 Å². The van der Waals surface area contributed by atoms with Crippen LogP contribution in [0.3, 0.4) is 0 Å². The molecule has 2 atom stereocenters. The number of ether oxygens (including phenoxy) is 1. The average molecular weight is 287 g/mol. The molecule has 2 rings (SSSR count). The summed E-state index contributed by atoms with van der Waals surface area (Å²) in [5.41, 5.74) is -0.593. The van der Waals surface area contributed by atoms with Crippen LogP contribution in [0.15, 0.2) is 24.3 Å². The van der Waals surface area contributed by atoms with Gasteiger partial charge >= 0.3 is 12.1 Å². The third-order valence-corrected chi connectivity index (χ3v) is 3.41. The molecule has 0 saturated carbocycles. The first kappa shape index (κ1) is 14.8. The lowest BCUT2D eigenvalue weighted by Crippen LogP contribution is -2.27. The van der Waals surface area contributed by atoms with Crippen molar-refractivity contribution < 1.29 is 22.7 Å². The van der Waals surface area contributed by atoms with Gasteiger partial charge in [-0.1, -0.05) is 18.2 Å². The van der Waals surface area contributed by atoms with E-state index in [0.717, 1.165) is 6.07 Å². The van der Waals surface area contributed by atoms with E-state index in [-0.39, 0.29) is 12.2 Å². The first-order valence-corrected chi connectivity index (χ1v) is 6.51. The van der Waals surface area contributed by atoms with E-state index < -0.39 is 29.7 Å². The highest BCUT2D eigenvalue weighted by molar-refractivity contribution is 5.74. The van der Waals surface area contributed by atoms with Gasteiger partial charge in [-0.15, -0.1) is 0 Å². The summed E-state index contributed by atoms with van der Waals surface area (Å²) >= 11 is 0. The molecule has 1 saturated heterocycles. The minimum Gasteiger partial charge on any atom is -0.466 e. The Morgan fingerprint density at radius 2 is 2.10 bits per heavy atom. The molecule has 0 spiro atoms. The molecule has 1 fully saturated rings. The van der Waals surface area contributed by atoms with Crippen molar-refractivity contribution in [3.63, 3.8) is 0 Å². The number of rotatable bonds is 3. The SMILES string of the molecule is CCOC(=O)[C@@H]1CCN[C@H]1c1ccccc1C(F)(F)F. The quantitative estimate of drug-likeness (QED) is 0.869. The predicted octanol–water partition coefficient (Wildman–Crippen LogP) is 2.92. The molecule has 1 aromatic rings. The fourth-order valence-corrected chi connectivity index (χ4v) is 2.56. The van der Waals surface area contributed by atoms with Crippen LogP contribution in [0.4, 0.5) is 13.2 Å². The van der Waals surface area contributed by atoms with Gasteiger partial charge in [0.2, 0.25) is 0 Å². The number of carbonyl (C=O) groups is 1. The molecule has 1 heterocycles. The van der Waals surface area contributed by atoms with Gasteiger partial charge in [0.05, 0.1) is 18.1 Å². The summed E-state index contributed by atoms with van der Waals surface area (Å²) in [5, 5.41) is 2.97. The van der Waals surface area contributed by atoms with Crippen LogP contribution >= 0.6 is 0 Å². The van der Waals surface area contributed by atoms with Crippen molar-refractivity contribution in [2.24, 2.45) is 5.92 Å². The summed E-state index contributed by atoms with van der Waals surface area (Å²) in [6, 6.07) is 4.70. The molecule has 1 aliphatic heterocycles. The van der Waals surface area contributed by atoms with E-state index in [4.69, 9.17) is 4.74 Å². The topological polar surface area (TPSA) is 38.3 Å². The van der Waals surface area contributed by atoms with Crippen molar-refractivity contribution in [3.05, 3.63) is 35.4 Å². The first-order valence-electron chi connectivity index (χ1n) is 6.51. The number of halogens is 3. The summed E-state index contributed by atoms with van der Waals surface area (Å²) in [4.78, 5) is 11.8. The van der Waals surface area contributed by atoms with Crippen molar-refractivity contribution in [1.29, 1.82) is 0 Å². The second-order valence-corrected chi connectivity index (χ2v) is 4.66. The Labute approximate surface area is 115 Å². The zero-order chi connectivity index (χ0) is 14.8. The lowest BCUT2D eigenvalue weighted by molar-refractivity contribution is -0.149. The smallest absolute Gasteiger partial charge is 0.416 e. The van der Waals surface area contributed by atoms with E-state index in [1.54, 1.807) is 13.0 Å². The van der Waals surface area contributed by atoms with Gasteiger partial charge in [0.25, 0.3) is 0 Å². The highest BCUT2D eigenvalue weighted by atomic mass is 19.4. The fourth-order valence-electron chi connectivity index (χ4n) is 2.56. The lowest BCUT2D eigenvalue weighted by atomic mass is 9.91. The van der Waals surface area contributed by atoms with Crippen LogP contribution in [0, 0.1) is 5.92 Å². The average Bonchev–Trinajstić information content (AvgIpc) is 2.87. The number of nitrogens with one attached hydrogen (secondary N) is 1. The van der Waals surface area contributed by atoms with Crippen LogP contribution in [0.25, 0.3) is 0 Å². The van der Waals surface area contributed by atoms with Crippen LogP contribution in [0.5, 0.6) is 0 Å². The standard InChI is InChI=1S/C14H16F3NO2/c1-2-20-13(19)10-7-8-18-12(10)9-5-3-4-6-11(9)14(15,16)17/h3-6,10,12,18H,2,7-8H2,1H3/t10-,12+/m1/s1. The zero-order valence-electron chi connectivity index (χ0n) is 11.0. The molecule has 20 heavy (non-hydrogen) atoms. The summed E-state index contributed by atoms with van der Waals surface area (Å²) < 4.78 is 44.0. The van der Waals surface area contributed by atoms with Crippen molar-refractivity contribution >= 4 is 5.97 Å². The van der Waals surface area contributed by atoms with E-state index in [0.29, 0.717) is 13.0 Å². The number of hydrogen-bond acceptors (Lipinski definition) is 3. The Morgan fingerprint density at radius 3 is 2.75 bits per heavy atom. The van der Waals surface area contributed by atoms with Crippen molar-refractivity contribution in [2.45, 2.75) is 25.6 Å². The van der Waals surface area contributed by atoms with Gasteiger partial charge < -0.3 is 10.1 Å².